The van der Waals surface area contributed by atoms with E-state index in [4.69, 9.17) is 4.74 Å². The number of nitrogens with zero attached hydrogens (tertiary/aromatic N) is 3. The van der Waals surface area contributed by atoms with Crippen molar-refractivity contribution in [1.29, 1.82) is 0 Å². The first-order chi connectivity index (χ1) is 9.78. The van der Waals surface area contributed by atoms with Crippen molar-refractivity contribution in [3.05, 3.63) is 24.3 Å². The van der Waals surface area contributed by atoms with E-state index >= 15 is 0 Å². The van der Waals surface area contributed by atoms with Gasteiger partial charge in [-0.05, 0) is 32.2 Å². The molecule has 1 N–H and O–H groups in total. The van der Waals surface area contributed by atoms with Crippen LogP contribution in [0.15, 0.2) is 18.7 Å². The number of ether oxygens (including phenoxy) is 1. The summed E-state index contributed by atoms with van der Waals surface area (Å²) in [5, 5.41) is 9.83. The molecule has 0 radical (unpaired) electrons. The van der Waals surface area contributed by atoms with E-state index in [0.29, 0.717) is 0 Å². The molecule has 0 aliphatic carbocycles. The van der Waals surface area contributed by atoms with E-state index in [0.717, 1.165) is 57.5 Å². The Balaban J connectivity index is 1.92. The zero-order chi connectivity index (χ0) is 14.3. The van der Waals surface area contributed by atoms with Gasteiger partial charge in [0, 0.05) is 56.8 Å². The molecule has 20 heavy (non-hydrogen) atoms. The molecule has 0 aromatic carbocycles. The van der Waals surface area contributed by atoms with Crippen LogP contribution in [-0.4, -0.2) is 53.4 Å². The lowest BCUT2D eigenvalue weighted by atomic mass is 9.77. The predicted molar refractivity (Wildman–Crippen MR) is 77.2 cm³/mol. The maximum absolute atomic E-state index is 9.83. The van der Waals surface area contributed by atoms with Crippen LogP contribution < -0.4 is 0 Å². The lowest BCUT2D eigenvalue weighted by Crippen LogP contribution is -2.45. The summed E-state index contributed by atoms with van der Waals surface area (Å²) in [6, 6.07) is 0. The first kappa shape index (κ1) is 15.4. The summed E-state index contributed by atoms with van der Waals surface area (Å²) in [5.41, 5.74) is 1.17. The highest BCUT2D eigenvalue weighted by molar-refractivity contribution is 5.03. The fraction of sp³-hybridized carbons (Fsp3) is 0.733. The van der Waals surface area contributed by atoms with Gasteiger partial charge >= 0.3 is 0 Å². The Labute approximate surface area is 121 Å². The third-order valence-electron chi connectivity index (χ3n) is 4.15. The molecule has 1 aromatic rings. The van der Waals surface area contributed by atoms with Crippen LogP contribution in [0.25, 0.3) is 0 Å². The Morgan fingerprint density at radius 2 is 2.20 bits per heavy atom. The van der Waals surface area contributed by atoms with E-state index in [1.54, 1.807) is 13.4 Å². The smallest absolute Gasteiger partial charge is 0.115 e. The summed E-state index contributed by atoms with van der Waals surface area (Å²) in [7, 11) is 1.73. The minimum absolute atomic E-state index is 0.0341. The minimum Gasteiger partial charge on any atom is -0.396 e. The van der Waals surface area contributed by atoms with Gasteiger partial charge in [0.25, 0.3) is 0 Å². The van der Waals surface area contributed by atoms with E-state index in [9.17, 15) is 5.11 Å². The molecule has 0 unspecified atom stereocenters. The van der Waals surface area contributed by atoms with Gasteiger partial charge in [-0.3, -0.25) is 4.90 Å². The molecular formula is C15H25N3O2. The van der Waals surface area contributed by atoms with Crippen molar-refractivity contribution in [3.63, 3.8) is 0 Å². The molecule has 0 bridgehead atoms. The highest BCUT2D eigenvalue weighted by Crippen LogP contribution is 2.34. The van der Waals surface area contributed by atoms with Crippen LogP contribution >= 0.6 is 0 Å². The number of piperidine rings is 1. The summed E-state index contributed by atoms with van der Waals surface area (Å²) in [5.74, 6) is 0. The van der Waals surface area contributed by atoms with Crippen LogP contribution in [0.3, 0.4) is 0 Å². The molecule has 2 rings (SSSR count). The lowest BCUT2D eigenvalue weighted by molar-refractivity contribution is 0.0158. The zero-order valence-electron chi connectivity index (χ0n) is 12.3. The number of methoxy groups -OCH3 is 1. The largest absolute Gasteiger partial charge is 0.396 e. The summed E-state index contributed by atoms with van der Waals surface area (Å²) in [6.45, 7) is 3.93. The van der Waals surface area contributed by atoms with Gasteiger partial charge in [-0.2, -0.15) is 0 Å². The molecule has 112 valence electrons. The molecule has 1 aliphatic rings. The van der Waals surface area contributed by atoms with Gasteiger partial charge in [-0.1, -0.05) is 0 Å². The van der Waals surface area contributed by atoms with E-state index in [2.05, 4.69) is 14.9 Å². The monoisotopic (exact) mass is 279 g/mol. The number of aliphatic hydroxyl groups is 1. The van der Waals surface area contributed by atoms with Gasteiger partial charge < -0.3 is 9.84 Å². The summed E-state index contributed by atoms with van der Waals surface area (Å²) in [4.78, 5) is 10.5. The molecule has 5 nitrogen and oxygen atoms in total. The van der Waals surface area contributed by atoms with Crippen molar-refractivity contribution in [2.75, 3.05) is 33.4 Å². The second-order valence-electron chi connectivity index (χ2n) is 5.82. The molecule has 1 aliphatic heterocycles. The van der Waals surface area contributed by atoms with E-state index in [-0.39, 0.29) is 12.0 Å². The Bertz CT molecular complexity index is 388. The summed E-state index contributed by atoms with van der Waals surface area (Å²) < 4.78 is 5.13. The average molecular weight is 279 g/mol. The Morgan fingerprint density at radius 1 is 1.40 bits per heavy atom. The molecule has 2 heterocycles. The molecule has 1 atom stereocenters. The number of aromatic nitrogens is 2. The Morgan fingerprint density at radius 3 is 2.90 bits per heavy atom. The van der Waals surface area contributed by atoms with Gasteiger partial charge in [0.2, 0.25) is 0 Å². The van der Waals surface area contributed by atoms with Gasteiger partial charge in [0.15, 0.2) is 0 Å². The van der Waals surface area contributed by atoms with Crippen molar-refractivity contribution >= 4 is 0 Å². The number of aliphatic hydroxyl groups excluding tert-OH is 1. The number of rotatable bonds is 7. The van der Waals surface area contributed by atoms with Gasteiger partial charge in [-0.25, -0.2) is 9.97 Å². The molecule has 1 aromatic heterocycles. The van der Waals surface area contributed by atoms with Crippen LogP contribution in [0.2, 0.25) is 0 Å². The molecule has 0 saturated carbocycles. The second kappa shape index (κ2) is 7.67. The molecule has 1 fully saturated rings. The normalized spacial score (nSPS) is 23.9. The number of hydrogen-bond acceptors (Lipinski definition) is 5. The SMILES string of the molecule is COCCC[C@]1(CO)CCCN(Cc2cncnc2)C1. The maximum Gasteiger partial charge on any atom is 0.115 e. The molecule has 0 amide bonds. The first-order valence-corrected chi connectivity index (χ1v) is 7.34. The Kier molecular flexibility index (Phi) is 5.88. The Hall–Kier alpha value is -1.04. The van der Waals surface area contributed by atoms with Gasteiger partial charge in [0.1, 0.15) is 6.33 Å². The van der Waals surface area contributed by atoms with Crippen LogP contribution in [0.5, 0.6) is 0 Å². The first-order valence-electron chi connectivity index (χ1n) is 7.34. The van der Waals surface area contributed by atoms with Crippen molar-refractivity contribution in [2.24, 2.45) is 5.41 Å². The average Bonchev–Trinajstić information content (AvgIpc) is 2.49. The van der Waals surface area contributed by atoms with Crippen LogP contribution in [0.1, 0.15) is 31.2 Å². The molecular weight excluding hydrogens is 254 g/mol. The molecule has 0 spiro atoms. The zero-order valence-corrected chi connectivity index (χ0v) is 12.3. The highest BCUT2D eigenvalue weighted by Gasteiger charge is 2.34. The summed E-state index contributed by atoms with van der Waals surface area (Å²) in [6.07, 6.45) is 9.58. The van der Waals surface area contributed by atoms with E-state index in [1.165, 1.54) is 0 Å². The van der Waals surface area contributed by atoms with Crippen LogP contribution in [-0.2, 0) is 11.3 Å². The van der Waals surface area contributed by atoms with Gasteiger partial charge in [0.05, 0.1) is 0 Å². The van der Waals surface area contributed by atoms with E-state index < -0.39 is 0 Å². The topological polar surface area (TPSA) is 58.5 Å². The lowest BCUT2D eigenvalue weighted by Gasteiger charge is -2.42. The number of likely N-dealkylation sites (tertiary alicyclic amines) is 1. The summed E-state index contributed by atoms with van der Waals surface area (Å²) >= 11 is 0. The van der Waals surface area contributed by atoms with Crippen LogP contribution in [0.4, 0.5) is 0 Å². The van der Waals surface area contributed by atoms with Gasteiger partial charge in [-0.15, -0.1) is 0 Å². The van der Waals surface area contributed by atoms with Crippen LogP contribution in [0, 0.1) is 5.41 Å². The minimum atomic E-state index is 0.0341. The van der Waals surface area contributed by atoms with Crippen molar-refractivity contribution in [2.45, 2.75) is 32.2 Å². The highest BCUT2D eigenvalue weighted by atomic mass is 16.5. The second-order valence-corrected chi connectivity index (χ2v) is 5.82. The number of hydrogen-bond donors (Lipinski definition) is 1. The van der Waals surface area contributed by atoms with Crippen molar-refractivity contribution in [3.8, 4) is 0 Å². The quantitative estimate of drug-likeness (QED) is 0.766. The van der Waals surface area contributed by atoms with Crippen molar-refractivity contribution in [1.82, 2.24) is 14.9 Å². The third-order valence-corrected chi connectivity index (χ3v) is 4.15. The standard InChI is InChI=1S/C15H25N3O2/c1-20-7-3-5-15(12-19)4-2-6-18(11-15)10-14-8-16-13-17-9-14/h8-9,13,19H,2-7,10-12H2,1H3/t15-/m1/s1. The van der Waals surface area contributed by atoms with E-state index in [1.807, 2.05) is 12.4 Å². The predicted octanol–water partition coefficient (Wildman–Crippen LogP) is 1.48. The molecule has 5 heteroatoms. The van der Waals surface area contributed by atoms with Crippen molar-refractivity contribution < 1.29 is 9.84 Å². The fourth-order valence-corrected chi connectivity index (χ4v) is 3.12. The third kappa shape index (κ3) is 4.23. The molecule has 1 saturated heterocycles. The fourth-order valence-electron chi connectivity index (χ4n) is 3.12. The maximum atomic E-state index is 9.83.